The molecule has 31 heavy (non-hydrogen) atoms. The predicted molar refractivity (Wildman–Crippen MR) is 115 cm³/mol. The van der Waals surface area contributed by atoms with Crippen molar-refractivity contribution < 1.29 is 17.6 Å². The van der Waals surface area contributed by atoms with Gasteiger partial charge in [0.1, 0.15) is 5.82 Å². The molecule has 0 radical (unpaired) electrons. The molecule has 0 aliphatic carbocycles. The monoisotopic (exact) mass is 461 g/mol. The zero-order valence-corrected chi connectivity index (χ0v) is 18.2. The standard InChI is InChI=1S/C21H20FN3O4S2/c1-2-14-5-9-17(10-6-14)31(28,29)18-12-24-21(25-20(18)27)30-13-19(26)23-11-15-3-7-16(22)8-4-15/h3-10,12H,2,11,13H2,1H3,(H,23,26)(H,24,25,27). The van der Waals surface area contributed by atoms with E-state index in [1.807, 2.05) is 6.92 Å². The zero-order chi connectivity index (χ0) is 22.4. The van der Waals surface area contributed by atoms with Crippen LogP contribution < -0.4 is 10.9 Å². The summed E-state index contributed by atoms with van der Waals surface area (Å²) in [6.07, 6.45) is 1.77. The van der Waals surface area contributed by atoms with Crippen LogP contribution in [0.15, 0.2) is 74.5 Å². The van der Waals surface area contributed by atoms with E-state index in [4.69, 9.17) is 0 Å². The van der Waals surface area contributed by atoms with Gasteiger partial charge in [0.2, 0.25) is 15.7 Å². The van der Waals surface area contributed by atoms with Gasteiger partial charge in [-0.05, 0) is 41.8 Å². The fourth-order valence-corrected chi connectivity index (χ4v) is 4.55. The van der Waals surface area contributed by atoms with E-state index < -0.39 is 20.3 Å². The molecule has 3 rings (SSSR count). The third-order valence-electron chi connectivity index (χ3n) is 4.42. The number of benzene rings is 2. The Hall–Kier alpha value is -2.98. The van der Waals surface area contributed by atoms with Crippen molar-refractivity contribution in [2.45, 2.75) is 34.8 Å². The lowest BCUT2D eigenvalue weighted by Gasteiger charge is -2.07. The Morgan fingerprint density at radius 2 is 1.74 bits per heavy atom. The van der Waals surface area contributed by atoms with E-state index in [0.717, 1.165) is 35.5 Å². The van der Waals surface area contributed by atoms with Gasteiger partial charge in [-0.3, -0.25) is 9.59 Å². The van der Waals surface area contributed by atoms with Crippen LogP contribution >= 0.6 is 11.8 Å². The number of sulfone groups is 1. The van der Waals surface area contributed by atoms with Crippen LogP contribution in [0.1, 0.15) is 18.1 Å². The van der Waals surface area contributed by atoms with E-state index in [2.05, 4.69) is 15.3 Å². The third kappa shape index (κ3) is 5.80. The minimum absolute atomic E-state index is 0.0116. The highest BCUT2D eigenvalue weighted by atomic mass is 32.2. The highest BCUT2D eigenvalue weighted by Crippen LogP contribution is 2.19. The summed E-state index contributed by atoms with van der Waals surface area (Å²) in [4.78, 5) is 30.3. The average Bonchev–Trinajstić information content (AvgIpc) is 2.77. The van der Waals surface area contributed by atoms with Gasteiger partial charge < -0.3 is 10.3 Å². The van der Waals surface area contributed by atoms with Crippen molar-refractivity contribution in [1.82, 2.24) is 15.3 Å². The molecule has 10 heteroatoms. The highest BCUT2D eigenvalue weighted by Gasteiger charge is 2.22. The van der Waals surface area contributed by atoms with Gasteiger partial charge in [-0.25, -0.2) is 17.8 Å². The second-order valence-electron chi connectivity index (χ2n) is 6.57. The molecule has 0 unspecified atom stereocenters. The number of hydrogen-bond acceptors (Lipinski definition) is 6. The Bertz CT molecular complexity index is 1220. The molecule has 0 fully saturated rings. The fourth-order valence-electron chi connectivity index (χ4n) is 2.65. The number of nitrogens with zero attached hydrogens (tertiary/aromatic N) is 1. The Morgan fingerprint density at radius 3 is 2.35 bits per heavy atom. The number of nitrogens with one attached hydrogen (secondary N) is 2. The lowest BCUT2D eigenvalue weighted by atomic mass is 10.2. The summed E-state index contributed by atoms with van der Waals surface area (Å²) in [6, 6.07) is 12.1. The SMILES string of the molecule is CCc1ccc(S(=O)(=O)c2cnc(SCC(=O)NCc3ccc(F)cc3)[nH]c2=O)cc1. The number of aromatic nitrogens is 2. The van der Waals surface area contributed by atoms with Crippen molar-refractivity contribution in [3.8, 4) is 0 Å². The number of carbonyl (C=O) groups excluding carboxylic acids is 1. The number of rotatable bonds is 8. The first kappa shape index (κ1) is 22.7. The van der Waals surface area contributed by atoms with Crippen molar-refractivity contribution in [1.29, 1.82) is 0 Å². The first-order valence-electron chi connectivity index (χ1n) is 9.37. The largest absolute Gasteiger partial charge is 0.351 e. The number of hydrogen-bond donors (Lipinski definition) is 2. The van der Waals surface area contributed by atoms with Crippen molar-refractivity contribution in [3.63, 3.8) is 0 Å². The molecule has 0 bridgehead atoms. The number of halogens is 1. The zero-order valence-electron chi connectivity index (χ0n) is 16.6. The molecule has 0 aliphatic heterocycles. The number of carbonyl (C=O) groups is 1. The summed E-state index contributed by atoms with van der Waals surface area (Å²) in [5.41, 5.74) is 0.923. The third-order valence-corrected chi connectivity index (χ3v) is 7.07. The lowest BCUT2D eigenvalue weighted by molar-refractivity contribution is -0.118. The van der Waals surface area contributed by atoms with E-state index in [1.54, 1.807) is 24.3 Å². The number of H-pyrrole nitrogens is 1. The Balaban J connectivity index is 1.62. The summed E-state index contributed by atoms with van der Waals surface area (Å²) in [7, 11) is -4.01. The smallest absolute Gasteiger partial charge is 0.270 e. The van der Waals surface area contributed by atoms with Crippen LogP contribution in [-0.4, -0.2) is 30.0 Å². The van der Waals surface area contributed by atoms with Crippen LogP contribution in [0, 0.1) is 5.82 Å². The maximum Gasteiger partial charge on any atom is 0.270 e. The van der Waals surface area contributed by atoms with Crippen molar-refractivity contribution in [2.24, 2.45) is 0 Å². The molecule has 1 aromatic heterocycles. The minimum atomic E-state index is -4.01. The molecular formula is C21H20FN3O4S2. The average molecular weight is 462 g/mol. The molecule has 2 N–H and O–H groups in total. The van der Waals surface area contributed by atoms with Crippen LogP contribution in [0.2, 0.25) is 0 Å². The summed E-state index contributed by atoms with van der Waals surface area (Å²) in [5.74, 6) is -0.705. The summed E-state index contributed by atoms with van der Waals surface area (Å²) in [5, 5.41) is 2.80. The van der Waals surface area contributed by atoms with Gasteiger partial charge in [0.25, 0.3) is 5.56 Å². The number of thioether (sulfide) groups is 1. The van der Waals surface area contributed by atoms with Crippen LogP contribution in [0.3, 0.4) is 0 Å². The molecule has 2 aromatic carbocycles. The first-order valence-corrected chi connectivity index (χ1v) is 11.8. The highest BCUT2D eigenvalue weighted by molar-refractivity contribution is 7.99. The molecule has 0 spiro atoms. The van der Waals surface area contributed by atoms with Gasteiger partial charge in [-0.1, -0.05) is 43.0 Å². The Kier molecular flexibility index (Phi) is 7.24. The van der Waals surface area contributed by atoms with Crippen LogP contribution in [0.4, 0.5) is 4.39 Å². The summed E-state index contributed by atoms with van der Waals surface area (Å²) >= 11 is 0.967. The fraction of sp³-hybridized carbons (Fsp3) is 0.190. The van der Waals surface area contributed by atoms with Gasteiger partial charge in [-0.2, -0.15) is 0 Å². The molecule has 162 valence electrons. The number of aromatic amines is 1. The van der Waals surface area contributed by atoms with Crippen LogP contribution in [0.5, 0.6) is 0 Å². The first-order chi connectivity index (χ1) is 14.8. The maximum atomic E-state index is 12.9. The van der Waals surface area contributed by atoms with Crippen LogP contribution in [0.25, 0.3) is 0 Å². The van der Waals surface area contributed by atoms with Gasteiger partial charge in [0.15, 0.2) is 10.1 Å². The summed E-state index contributed by atoms with van der Waals surface area (Å²) in [6.45, 7) is 2.19. The van der Waals surface area contributed by atoms with E-state index >= 15 is 0 Å². The van der Waals surface area contributed by atoms with Crippen molar-refractivity contribution >= 4 is 27.5 Å². The van der Waals surface area contributed by atoms with Crippen LogP contribution in [-0.2, 0) is 27.6 Å². The quantitative estimate of drug-likeness (QED) is 0.394. The molecule has 1 amide bonds. The maximum absolute atomic E-state index is 12.9. The molecule has 0 saturated heterocycles. The number of aryl methyl sites for hydroxylation is 1. The van der Waals surface area contributed by atoms with Gasteiger partial charge in [0, 0.05) is 6.54 Å². The molecule has 3 aromatic rings. The Morgan fingerprint density at radius 1 is 1.10 bits per heavy atom. The Labute approximate surface area is 183 Å². The summed E-state index contributed by atoms with van der Waals surface area (Å²) < 4.78 is 38.3. The molecular weight excluding hydrogens is 441 g/mol. The second kappa shape index (κ2) is 9.88. The predicted octanol–water partition coefficient (Wildman–Crippen LogP) is 2.71. The topological polar surface area (TPSA) is 109 Å². The minimum Gasteiger partial charge on any atom is -0.351 e. The van der Waals surface area contributed by atoms with E-state index in [9.17, 15) is 22.4 Å². The van der Waals surface area contributed by atoms with Crippen molar-refractivity contribution in [2.75, 3.05) is 5.75 Å². The van der Waals surface area contributed by atoms with Gasteiger partial charge in [-0.15, -0.1) is 0 Å². The molecule has 0 aliphatic rings. The van der Waals surface area contributed by atoms with Crippen molar-refractivity contribution in [3.05, 3.63) is 82.0 Å². The van der Waals surface area contributed by atoms with Gasteiger partial charge in [0.05, 0.1) is 16.8 Å². The molecule has 7 nitrogen and oxygen atoms in total. The number of amides is 1. The molecule has 0 atom stereocenters. The van der Waals surface area contributed by atoms with E-state index in [1.165, 1.54) is 24.3 Å². The van der Waals surface area contributed by atoms with E-state index in [-0.39, 0.29) is 34.1 Å². The van der Waals surface area contributed by atoms with Gasteiger partial charge >= 0.3 is 0 Å². The van der Waals surface area contributed by atoms with E-state index in [0.29, 0.717) is 0 Å². The molecule has 1 heterocycles. The lowest BCUT2D eigenvalue weighted by Crippen LogP contribution is -2.25. The normalized spacial score (nSPS) is 11.3. The molecule has 0 saturated carbocycles. The second-order valence-corrected chi connectivity index (χ2v) is 9.46.